The zero-order chi connectivity index (χ0) is 14.7. The molecule has 1 unspecified atom stereocenters. The van der Waals surface area contributed by atoms with Crippen molar-refractivity contribution in [3.8, 4) is 6.07 Å². The van der Waals surface area contributed by atoms with Crippen LogP contribution < -0.4 is 0 Å². The third-order valence-corrected chi connectivity index (χ3v) is 3.55. The van der Waals surface area contributed by atoms with Crippen LogP contribution in [0.4, 0.5) is 5.69 Å². The second kappa shape index (κ2) is 5.70. The highest BCUT2D eigenvalue weighted by Gasteiger charge is 2.27. The molecule has 1 heterocycles. The quantitative estimate of drug-likeness (QED) is 0.611. The molecule has 6 nitrogen and oxygen atoms in total. The summed E-state index contributed by atoms with van der Waals surface area (Å²) in [6, 6.07) is 6.06. The number of rotatable bonds is 2. The van der Waals surface area contributed by atoms with Gasteiger partial charge in [0.25, 0.3) is 11.6 Å². The van der Waals surface area contributed by atoms with Gasteiger partial charge in [0.1, 0.15) is 6.04 Å². The highest BCUT2D eigenvalue weighted by atomic mass is 16.6. The van der Waals surface area contributed by atoms with E-state index in [-0.39, 0.29) is 11.6 Å². The molecule has 1 aromatic rings. The first-order valence-corrected chi connectivity index (χ1v) is 6.50. The molecular weight excluding hydrogens is 258 g/mol. The highest BCUT2D eigenvalue weighted by molar-refractivity contribution is 5.95. The molecule has 1 aliphatic heterocycles. The van der Waals surface area contributed by atoms with E-state index in [2.05, 4.69) is 6.07 Å². The van der Waals surface area contributed by atoms with Gasteiger partial charge in [-0.1, -0.05) is 0 Å². The van der Waals surface area contributed by atoms with Crippen molar-refractivity contribution in [2.45, 2.75) is 32.2 Å². The summed E-state index contributed by atoms with van der Waals surface area (Å²) in [6.07, 6.45) is 2.52. The molecule has 6 heteroatoms. The number of piperidine rings is 1. The molecule has 1 amide bonds. The van der Waals surface area contributed by atoms with E-state index in [0.29, 0.717) is 24.1 Å². The van der Waals surface area contributed by atoms with E-state index < -0.39 is 11.0 Å². The average molecular weight is 273 g/mol. The topological polar surface area (TPSA) is 87.2 Å². The lowest BCUT2D eigenvalue weighted by atomic mass is 10.0. The summed E-state index contributed by atoms with van der Waals surface area (Å²) in [5, 5.41) is 19.9. The average Bonchev–Trinajstić information content (AvgIpc) is 2.45. The summed E-state index contributed by atoms with van der Waals surface area (Å²) >= 11 is 0. The van der Waals surface area contributed by atoms with Crippen LogP contribution in [0, 0.1) is 28.4 Å². The molecule has 2 rings (SSSR count). The molecular formula is C14H15N3O3. The van der Waals surface area contributed by atoms with Crippen molar-refractivity contribution < 1.29 is 9.72 Å². The maximum atomic E-state index is 12.4. The van der Waals surface area contributed by atoms with Gasteiger partial charge in [-0.2, -0.15) is 5.26 Å². The molecule has 1 fully saturated rings. The van der Waals surface area contributed by atoms with Gasteiger partial charge in [0.15, 0.2) is 0 Å². The van der Waals surface area contributed by atoms with E-state index in [4.69, 9.17) is 5.26 Å². The third kappa shape index (κ3) is 2.62. The molecule has 20 heavy (non-hydrogen) atoms. The lowest BCUT2D eigenvalue weighted by molar-refractivity contribution is -0.385. The molecule has 0 bridgehead atoms. The largest absolute Gasteiger partial charge is 0.323 e. The SMILES string of the molecule is Cc1cc(C(=O)N2CCCCC2C#N)ccc1[N+](=O)[O-]. The van der Waals surface area contributed by atoms with E-state index >= 15 is 0 Å². The van der Waals surface area contributed by atoms with Crippen LogP contribution in [0.2, 0.25) is 0 Å². The minimum atomic E-state index is -0.470. The van der Waals surface area contributed by atoms with Gasteiger partial charge in [-0.25, -0.2) is 0 Å². The maximum Gasteiger partial charge on any atom is 0.272 e. The first-order chi connectivity index (χ1) is 9.54. The van der Waals surface area contributed by atoms with E-state index in [9.17, 15) is 14.9 Å². The van der Waals surface area contributed by atoms with Gasteiger partial charge in [0, 0.05) is 23.7 Å². The summed E-state index contributed by atoms with van der Waals surface area (Å²) in [7, 11) is 0. The lowest BCUT2D eigenvalue weighted by Crippen LogP contribution is -2.42. The molecule has 0 N–H and O–H groups in total. The number of amides is 1. The minimum absolute atomic E-state index is 0.00275. The first-order valence-electron chi connectivity index (χ1n) is 6.50. The van der Waals surface area contributed by atoms with Gasteiger partial charge in [0.05, 0.1) is 11.0 Å². The van der Waals surface area contributed by atoms with Crippen LogP contribution in [0.3, 0.4) is 0 Å². The number of likely N-dealkylation sites (tertiary alicyclic amines) is 1. The highest BCUT2D eigenvalue weighted by Crippen LogP contribution is 2.23. The molecule has 0 aliphatic carbocycles. The first kappa shape index (κ1) is 14.0. The molecule has 0 spiro atoms. The van der Waals surface area contributed by atoms with Crippen LogP contribution in [-0.4, -0.2) is 28.3 Å². The zero-order valence-electron chi connectivity index (χ0n) is 11.2. The van der Waals surface area contributed by atoms with Gasteiger partial charge >= 0.3 is 0 Å². The molecule has 0 saturated carbocycles. The third-order valence-electron chi connectivity index (χ3n) is 3.55. The second-order valence-corrected chi connectivity index (χ2v) is 4.90. The van der Waals surface area contributed by atoms with E-state index in [1.807, 2.05) is 0 Å². The Kier molecular flexibility index (Phi) is 3.99. The second-order valence-electron chi connectivity index (χ2n) is 4.90. The summed E-state index contributed by atoms with van der Waals surface area (Å²) in [4.78, 5) is 24.3. The molecule has 1 aromatic carbocycles. The van der Waals surface area contributed by atoms with Crippen molar-refractivity contribution in [1.82, 2.24) is 4.90 Å². The number of nitriles is 1. The van der Waals surface area contributed by atoms with E-state index in [1.54, 1.807) is 11.8 Å². The van der Waals surface area contributed by atoms with Gasteiger partial charge < -0.3 is 4.90 Å². The molecule has 1 aliphatic rings. The molecule has 0 radical (unpaired) electrons. The normalized spacial score (nSPS) is 18.4. The predicted octanol–water partition coefficient (Wildman–Crippen LogP) is 2.42. The Morgan fingerprint density at radius 1 is 1.50 bits per heavy atom. The Labute approximate surface area is 116 Å². The fraction of sp³-hybridized carbons (Fsp3) is 0.429. The van der Waals surface area contributed by atoms with Crippen molar-refractivity contribution in [2.75, 3.05) is 6.54 Å². The van der Waals surface area contributed by atoms with Crippen LogP contribution in [0.5, 0.6) is 0 Å². The summed E-state index contributed by atoms with van der Waals surface area (Å²) in [5.74, 6) is -0.228. The Bertz CT molecular complexity index is 592. The summed E-state index contributed by atoms with van der Waals surface area (Å²) < 4.78 is 0. The van der Waals surface area contributed by atoms with Crippen molar-refractivity contribution in [3.63, 3.8) is 0 Å². The number of carbonyl (C=O) groups excluding carboxylic acids is 1. The number of nitrogens with zero attached hydrogens (tertiary/aromatic N) is 3. The van der Waals surface area contributed by atoms with Crippen molar-refractivity contribution in [1.29, 1.82) is 5.26 Å². The minimum Gasteiger partial charge on any atom is -0.323 e. The zero-order valence-corrected chi connectivity index (χ0v) is 11.2. The number of aryl methyl sites for hydroxylation is 1. The number of benzene rings is 1. The lowest BCUT2D eigenvalue weighted by Gasteiger charge is -2.31. The van der Waals surface area contributed by atoms with Gasteiger partial charge in [-0.05, 0) is 38.3 Å². The Morgan fingerprint density at radius 3 is 2.85 bits per heavy atom. The van der Waals surface area contributed by atoms with E-state index in [0.717, 1.165) is 12.8 Å². The number of hydrogen-bond donors (Lipinski definition) is 0. The monoisotopic (exact) mass is 273 g/mol. The predicted molar refractivity (Wildman–Crippen MR) is 72.1 cm³/mol. The Morgan fingerprint density at radius 2 is 2.25 bits per heavy atom. The smallest absolute Gasteiger partial charge is 0.272 e. The van der Waals surface area contributed by atoms with Gasteiger partial charge in [0.2, 0.25) is 0 Å². The number of hydrogen-bond acceptors (Lipinski definition) is 4. The number of nitro groups is 1. The number of carbonyl (C=O) groups is 1. The molecule has 104 valence electrons. The fourth-order valence-electron chi connectivity index (χ4n) is 2.47. The fourth-order valence-corrected chi connectivity index (χ4v) is 2.47. The van der Waals surface area contributed by atoms with Crippen LogP contribution in [0.1, 0.15) is 35.2 Å². The van der Waals surface area contributed by atoms with Crippen LogP contribution in [0.15, 0.2) is 18.2 Å². The molecule has 0 aromatic heterocycles. The maximum absolute atomic E-state index is 12.4. The van der Waals surface area contributed by atoms with Gasteiger partial charge in [-0.3, -0.25) is 14.9 Å². The van der Waals surface area contributed by atoms with Crippen molar-refractivity contribution >= 4 is 11.6 Å². The van der Waals surface area contributed by atoms with Crippen molar-refractivity contribution in [2.24, 2.45) is 0 Å². The van der Waals surface area contributed by atoms with Gasteiger partial charge in [-0.15, -0.1) is 0 Å². The molecule has 1 atom stereocenters. The Hall–Kier alpha value is -2.42. The molecule has 1 saturated heterocycles. The van der Waals surface area contributed by atoms with Crippen LogP contribution in [-0.2, 0) is 0 Å². The van der Waals surface area contributed by atoms with Crippen molar-refractivity contribution in [3.05, 3.63) is 39.4 Å². The number of nitro benzene ring substituents is 1. The van der Waals surface area contributed by atoms with E-state index in [1.165, 1.54) is 18.2 Å². The van der Waals surface area contributed by atoms with Crippen LogP contribution >= 0.6 is 0 Å². The standard InChI is InChI=1S/C14H15N3O3/c1-10-8-11(5-6-13(10)17(19)20)14(18)16-7-3-2-4-12(16)9-15/h5-6,8,12H,2-4,7H2,1H3. The summed E-state index contributed by atoms with van der Waals surface area (Å²) in [5.41, 5.74) is 0.846. The van der Waals surface area contributed by atoms with Crippen LogP contribution in [0.25, 0.3) is 0 Å². The Balaban J connectivity index is 2.27. The summed E-state index contributed by atoms with van der Waals surface area (Å²) in [6.45, 7) is 2.17.